The van der Waals surface area contributed by atoms with Gasteiger partial charge in [0.1, 0.15) is 0 Å². The van der Waals surface area contributed by atoms with E-state index >= 15 is 0 Å². The van der Waals surface area contributed by atoms with Crippen molar-refractivity contribution < 1.29 is 9.21 Å². The van der Waals surface area contributed by atoms with Crippen LogP contribution < -0.4 is 5.32 Å². The molecule has 1 aromatic carbocycles. The molecule has 0 aliphatic heterocycles. The van der Waals surface area contributed by atoms with E-state index in [0.717, 1.165) is 24.2 Å². The summed E-state index contributed by atoms with van der Waals surface area (Å²) in [7, 11) is 0. The molecular formula is C18H19BrN4O2S. The van der Waals surface area contributed by atoms with Gasteiger partial charge in [-0.25, -0.2) is 0 Å². The lowest BCUT2D eigenvalue weighted by Gasteiger charge is -2.08. The number of aromatic nitrogens is 3. The van der Waals surface area contributed by atoms with E-state index in [1.165, 1.54) is 11.8 Å². The van der Waals surface area contributed by atoms with Crippen LogP contribution >= 0.6 is 27.7 Å². The molecule has 0 aliphatic carbocycles. The zero-order chi connectivity index (χ0) is 18.5. The summed E-state index contributed by atoms with van der Waals surface area (Å²) in [5, 5.41) is 12.1. The molecule has 0 aliphatic rings. The summed E-state index contributed by atoms with van der Waals surface area (Å²) in [6.07, 6.45) is 0.927. The molecule has 1 N–H and O–H groups in total. The number of nitrogens with one attached hydrogen (secondary N) is 1. The molecule has 0 spiro atoms. The van der Waals surface area contributed by atoms with Gasteiger partial charge in [-0.3, -0.25) is 9.36 Å². The van der Waals surface area contributed by atoms with Crippen LogP contribution in [0.2, 0.25) is 0 Å². The van der Waals surface area contributed by atoms with Crippen LogP contribution in [0.1, 0.15) is 18.9 Å². The number of hydrogen-bond donors (Lipinski definition) is 1. The number of anilines is 1. The lowest BCUT2D eigenvalue weighted by molar-refractivity contribution is -0.113. The number of halogens is 1. The van der Waals surface area contributed by atoms with E-state index in [0.29, 0.717) is 21.4 Å². The molecule has 1 amide bonds. The average Bonchev–Trinajstić information content (AvgIpc) is 3.22. The van der Waals surface area contributed by atoms with Crippen LogP contribution in [-0.4, -0.2) is 26.4 Å². The minimum atomic E-state index is -0.0767. The predicted molar refractivity (Wildman–Crippen MR) is 106 cm³/mol. The van der Waals surface area contributed by atoms with E-state index in [9.17, 15) is 4.79 Å². The second-order valence-corrected chi connectivity index (χ2v) is 7.49. The predicted octanol–water partition coefficient (Wildman–Crippen LogP) is 4.75. The van der Waals surface area contributed by atoms with Crippen LogP contribution in [0, 0.1) is 6.92 Å². The van der Waals surface area contributed by atoms with Crippen molar-refractivity contribution >= 4 is 39.3 Å². The fourth-order valence-corrected chi connectivity index (χ4v) is 3.47. The number of benzene rings is 1. The third-order valence-corrected chi connectivity index (χ3v) is 5.02. The number of carbonyl (C=O) groups excluding carboxylic acids is 1. The van der Waals surface area contributed by atoms with Gasteiger partial charge in [0, 0.05) is 12.2 Å². The van der Waals surface area contributed by atoms with Crippen molar-refractivity contribution in [2.75, 3.05) is 11.1 Å². The normalized spacial score (nSPS) is 10.9. The molecule has 0 saturated heterocycles. The number of furan rings is 1. The summed E-state index contributed by atoms with van der Waals surface area (Å²) in [5.41, 5.74) is 1.94. The van der Waals surface area contributed by atoms with Gasteiger partial charge in [-0.2, -0.15) is 0 Å². The molecule has 8 heteroatoms. The molecule has 3 aromatic rings. The largest absolute Gasteiger partial charge is 0.446 e. The minimum absolute atomic E-state index is 0.0767. The highest BCUT2D eigenvalue weighted by Crippen LogP contribution is 2.27. The summed E-state index contributed by atoms with van der Waals surface area (Å²) in [6, 6.07) is 11.4. The van der Waals surface area contributed by atoms with Gasteiger partial charge in [-0.1, -0.05) is 36.4 Å². The average molecular weight is 435 g/mol. The molecule has 0 fully saturated rings. The first-order chi connectivity index (χ1) is 12.6. The summed E-state index contributed by atoms with van der Waals surface area (Å²) in [5.74, 6) is 1.50. The standard InChI is InChI=1S/C18H19BrN4O2S/c1-3-10-23-17(14-8-9-15(19)25-14)21-22-18(23)26-11-16(24)20-13-6-4-12(2)5-7-13/h4-9H,3,10-11H2,1-2H3,(H,20,24). The summed E-state index contributed by atoms with van der Waals surface area (Å²) in [4.78, 5) is 12.2. The third kappa shape index (κ3) is 4.56. The summed E-state index contributed by atoms with van der Waals surface area (Å²) in [6.45, 7) is 4.85. The molecule has 0 unspecified atom stereocenters. The molecule has 2 heterocycles. The van der Waals surface area contributed by atoms with Crippen LogP contribution in [0.25, 0.3) is 11.6 Å². The number of rotatable bonds is 7. The van der Waals surface area contributed by atoms with E-state index in [4.69, 9.17) is 4.42 Å². The fraction of sp³-hybridized carbons (Fsp3) is 0.278. The van der Waals surface area contributed by atoms with Crippen LogP contribution in [0.3, 0.4) is 0 Å². The maximum absolute atomic E-state index is 12.2. The Morgan fingerprint density at radius 1 is 1.23 bits per heavy atom. The van der Waals surface area contributed by atoms with E-state index in [2.05, 4.69) is 38.4 Å². The Balaban J connectivity index is 1.68. The molecule has 2 aromatic heterocycles. The van der Waals surface area contributed by atoms with Gasteiger partial charge in [-0.05, 0) is 53.5 Å². The minimum Gasteiger partial charge on any atom is -0.446 e. The quantitative estimate of drug-likeness (QED) is 0.543. The maximum atomic E-state index is 12.2. The highest BCUT2D eigenvalue weighted by molar-refractivity contribution is 9.10. The number of aryl methyl sites for hydroxylation is 1. The molecule has 136 valence electrons. The number of nitrogens with zero attached hydrogens (tertiary/aromatic N) is 3. The number of thioether (sulfide) groups is 1. The van der Waals surface area contributed by atoms with Crippen LogP contribution in [0.15, 0.2) is 50.6 Å². The Hall–Kier alpha value is -2.06. The van der Waals surface area contributed by atoms with Gasteiger partial charge in [0.25, 0.3) is 0 Å². The van der Waals surface area contributed by atoms with Crippen LogP contribution in [-0.2, 0) is 11.3 Å². The Kier molecular flexibility index (Phi) is 6.16. The maximum Gasteiger partial charge on any atom is 0.234 e. The Morgan fingerprint density at radius 3 is 2.65 bits per heavy atom. The zero-order valence-corrected chi connectivity index (χ0v) is 16.9. The van der Waals surface area contributed by atoms with E-state index in [-0.39, 0.29) is 11.7 Å². The van der Waals surface area contributed by atoms with Crippen molar-refractivity contribution in [1.82, 2.24) is 14.8 Å². The van der Waals surface area contributed by atoms with E-state index in [1.807, 2.05) is 47.9 Å². The molecular weight excluding hydrogens is 416 g/mol. The van der Waals surface area contributed by atoms with E-state index in [1.54, 1.807) is 0 Å². The number of carbonyl (C=O) groups is 1. The van der Waals surface area contributed by atoms with Gasteiger partial charge >= 0.3 is 0 Å². The van der Waals surface area contributed by atoms with Crippen molar-refractivity contribution in [3.05, 3.63) is 46.6 Å². The van der Waals surface area contributed by atoms with Gasteiger partial charge in [0.15, 0.2) is 15.6 Å². The monoisotopic (exact) mass is 434 g/mol. The van der Waals surface area contributed by atoms with Gasteiger partial charge in [-0.15, -0.1) is 10.2 Å². The second-order valence-electron chi connectivity index (χ2n) is 5.76. The van der Waals surface area contributed by atoms with Gasteiger partial charge in [0.05, 0.1) is 5.75 Å². The highest BCUT2D eigenvalue weighted by Gasteiger charge is 2.17. The van der Waals surface area contributed by atoms with Crippen LogP contribution in [0.5, 0.6) is 0 Å². The first kappa shape index (κ1) is 18.7. The highest BCUT2D eigenvalue weighted by atomic mass is 79.9. The SMILES string of the molecule is CCCn1c(SCC(=O)Nc2ccc(C)cc2)nnc1-c1ccc(Br)o1. The van der Waals surface area contributed by atoms with Gasteiger partial charge in [0.2, 0.25) is 11.7 Å². The fourth-order valence-electron chi connectivity index (χ4n) is 2.40. The van der Waals surface area contributed by atoms with Crippen molar-refractivity contribution in [3.8, 4) is 11.6 Å². The molecule has 0 saturated carbocycles. The van der Waals surface area contributed by atoms with Crippen molar-refractivity contribution in [2.45, 2.75) is 32.0 Å². The molecule has 3 rings (SSSR count). The Morgan fingerprint density at radius 2 is 2.00 bits per heavy atom. The summed E-state index contributed by atoms with van der Waals surface area (Å²) < 4.78 is 8.21. The first-order valence-electron chi connectivity index (χ1n) is 8.25. The first-order valence-corrected chi connectivity index (χ1v) is 10.0. The second kappa shape index (κ2) is 8.55. The molecule has 0 atom stereocenters. The smallest absolute Gasteiger partial charge is 0.234 e. The zero-order valence-electron chi connectivity index (χ0n) is 14.5. The molecule has 0 radical (unpaired) electrons. The number of amides is 1. The number of hydrogen-bond acceptors (Lipinski definition) is 5. The van der Waals surface area contributed by atoms with Crippen molar-refractivity contribution in [1.29, 1.82) is 0 Å². The molecule has 26 heavy (non-hydrogen) atoms. The van der Waals surface area contributed by atoms with Gasteiger partial charge < -0.3 is 9.73 Å². The Labute approximate surface area is 164 Å². The molecule has 0 bridgehead atoms. The topological polar surface area (TPSA) is 73.0 Å². The van der Waals surface area contributed by atoms with E-state index < -0.39 is 0 Å². The lowest BCUT2D eigenvalue weighted by atomic mass is 10.2. The van der Waals surface area contributed by atoms with Crippen molar-refractivity contribution in [2.24, 2.45) is 0 Å². The third-order valence-electron chi connectivity index (χ3n) is 3.63. The van der Waals surface area contributed by atoms with Crippen LogP contribution in [0.4, 0.5) is 5.69 Å². The Bertz CT molecular complexity index is 889. The molecule has 6 nitrogen and oxygen atoms in total. The lowest BCUT2D eigenvalue weighted by Crippen LogP contribution is -2.14. The van der Waals surface area contributed by atoms with Crippen molar-refractivity contribution in [3.63, 3.8) is 0 Å². The summed E-state index contributed by atoms with van der Waals surface area (Å²) >= 11 is 4.67.